The molecule has 0 saturated heterocycles. The molecule has 1 heterocycles. The van der Waals surface area contributed by atoms with Crippen LogP contribution in [0.15, 0.2) is 18.2 Å². The highest BCUT2D eigenvalue weighted by molar-refractivity contribution is 5.47. The summed E-state index contributed by atoms with van der Waals surface area (Å²) < 4.78 is 5.91. The number of nitrogen functional groups attached to an aromatic ring is 1. The quantitative estimate of drug-likeness (QED) is 0.658. The van der Waals surface area contributed by atoms with E-state index in [1.807, 2.05) is 6.07 Å². The lowest BCUT2D eigenvalue weighted by molar-refractivity contribution is -0.0118. The zero-order chi connectivity index (χ0) is 10.3. The van der Waals surface area contributed by atoms with Crippen molar-refractivity contribution in [2.45, 2.75) is 44.3 Å². The predicted molar refractivity (Wildman–Crippen MR) is 60.6 cm³/mol. The van der Waals surface area contributed by atoms with Crippen LogP contribution >= 0.6 is 0 Å². The van der Waals surface area contributed by atoms with Gasteiger partial charge in [-0.15, -0.1) is 0 Å². The van der Waals surface area contributed by atoms with Gasteiger partial charge in [0.2, 0.25) is 0 Å². The molecule has 0 amide bonds. The molecule has 2 unspecified atom stereocenters. The van der Waals surface area contributed by atoms with Crippen molar-refractivity contribution in [3.05, 3.63) is 29.3 Å². The molecule has 1 aromatic rings. The van der Waals surface area contributed by atoms with E-state index in [1.54, 1.807) is 0 Å². The maximum atomic E-state index is 5.91. The summed E-state index contributed by atoms with van der Waals surface area (Å²) in [5.41, 5.74) is 9.54. The summed E-state index contributed by atoms with van der Waals surface area (Å²) in [4.78, 5) is 0. The Balaban J connectivity index is 2.01. The van der Waals surface area contributed by atoms with Gasteiger partial charge in [-0.1, -0.05) is 18.9 Å². The van der Waals surface area contributed by atoms with Gasteiger partial charge >= 0.3 is 0 Å². The van der Waals surface area contributed by atoms with Gasteiger partial charge in [0, 0.05) is 11.6 Å². The second-order valence-corrected chi connectivity index (χ2v) is 4.70. The lowest BCUT2D eigenvalue weighted by atomic mass is 9.78. The molecule has 2 nitrogen and oxygen atoms in total. The van der Waals surface area contributed by atoms with E-state index in [-0.39, 0.29) is 0 Å². The van der Waals surface area contributed by atoms with Crippen molar-refractivity contribution < 1.29 is 4.74 Å². The standard InChI is InChI=1S/C13H17NO/c14-10-6-5-9-8-15-13-4-2-1-3-11(13)12(9)7-10/h5-7,11,13H,1-4,8,14H2. The van der Waals surface area contributed by atoms with Gasteiger partial charge in [0.05, 0.1) is 12.7 Å². The lowest BCUT2D eigenvalue weighted by Gasteiger charge is -2.37. The molecule has 1 fully saturated rings. The number of hydrogen-bond donors (Lipinski definition) is 1. The molecule has 0 bridgehead atoms. The second kappa shape index (κ2) is 3.53. The van der Waals surface area contributed by atoms with Gasteiger partial charge in [0.25, 0.3) is 0 Å². The number of rotatable bonds is 0. The Morgan fingerprint density at radius 1 is 1.20 bits per heavy atom. The van der Waals surface area contributed by atoms with E-state index in [0.717, 1.165) is 12.3 Å². The molecular formula is C13H17NO. The second-order valence-electron chi connectivity index (χ2n) is 4.70. The number of fused-ring (bicyclic) bond motifs is 3. The number of hydrogen-bond acceptors (Lipinski definition) is 2. The normalized spacial score (nSPS) is 29.3. The fraction of sp³-hybridized carbons (Fsp3) is 0.538. The highest BCUT2D eigenvalue weighted by Crippen LogP contribution is 2.40. The van der Waals surface area contributed by atoms with Gasteiger partial charge < -0.3 is 10.5 Å². The van der Waals surface area contributed by atoms with Crippen molar-refractivity contribution in [3.8, 4) is 0 Å². The molecule has 1 aliphatic heterocycles. The van der Waals surface area contributed by atoms with Crippen molar-refractivity contribution >= 4 is 5.69 Å². The third-order valence-electron chi connectivity index (χ3n) is 3.72. The first-order valence-electron chi connectivity index (χ1n) is 5.84. The molecule has 2 atom stereocenters. The summed E-state index contributed by atoms with van der Waals surface area (Å²) in [5, 5.41) is 0. The van der Waals surface area contributed by atoms with Crippen LogP contribution in [0.25, 0.3) is 0 Å². The molecule has 1 aromatic carbocycles. The van der Waals surface area contributed by atoms with Crippen LogP contribution in [-0.4, -0.2) is 6.10 Å². The fourth-order valence-electron chi connectivity index (χ4n) is 2.94. The Morgan fingerprint density at radius 3 is 3.00 bits per heavy atom. The number of nitrogens with two attached hydrogens (primary N) is 1. The lowest BCUT2D eigenvalue weighted by Crippen LogP contribution is -2.30. The molecule has 0 aromatic heterocycles. The van der Waals surface area contributed by atoms with Crippen molar-refractivity contribution in [2.75, 3.05) is 5.73 Å². The fourth-order valence-corrected chi connectivity index (χ4v) is 2.94. The highest BCUT2D eigenvalue weighted by atomic mass is 16.5. The van der Waals surface area contributed by atoms with Gasteiger partial charge in [-0.3, -0.25) is 0 Å². The van der Waals surface area contributed by atoms with E-state index >= 15 is 0 Å². The zero-order valence-corrected chi connectivity index (χ0v) is 8.91. The van der Waals surface area contributed by atoms with Crippen LogP contribution in [0.3, 0.4) is 0 Å². The minimum atomic E-state index is 0.452. The van der Waals surface area contributed by atoms with Crippen LogP contribution in [0.4, 0.5) is 5.69 Å². The summed E-state index contributed by atoms with van der Waals surface area (Å²) in [6.07, 6.45) is 5.59. The van der Waals surface area contributed by atoms with E-state index in [1.165, 1.54) is 36.8 Å². The molecular weight excluding hydrogens is 186 g/mol. The summed E-state index contributed by atoms with van der Waals surface area (Å²) >= 11 is 0. The molecule has 3 rings (SSSR count). The van der Waals surface area contributed by atoms with E-state index in [0.29, 0.717) is 12.0 Å². The van der Waals surface area contributed by atoms with Crippen LogP contribution < -0.4 is 5.73 Å². The van der Waals surface area contributed by atoms with Gasteiger partial charge in [0.15, 0.2) is 0 Å². The van der Waals surface area contributed by atoms with E-state index in [9.17, 15) is 0 Å². The summed E-state index contributed by atoms with van der Waals surface area (Å²) in [6, 6.07) is 6.25. The maximum Gasteiger partial charge on any atom is 0.0723 e. The first-order chi connectivity index (χ1) is 7.34. The Bertz CT molecular complexity index is 375. The van der Waals surface area contributed by atoms with Crippen molar-refractivity contribution in [1.82, 2.24) is 0 Å². The van der Waals surface area contributed by atoms with Crippen LogP contribution in [0.5, 0.6) is 0 Å². The minimum Gasteiger partial charge on any atom is -0.399 e. The zero-order valence-electron chi connectivity index (χ0n) is 8.91. The van der Waals surface area contributed by atoms with E-state index < -0.39 is 0 Å². The maximum absolute atomic E-state index is 5.91. The molecule has 1 saturated carbocycles. The third kappa shape index (κ3) is 1.53. The number of benzene rings is 1. The van der Waals surface area contributed by atoms with Crippen molar-refractivity contribution in [3.63, 3.8) is 0 Å². The molecule has 80 valence electrons. The first-order valence-corrected chi connectivity index (χ1v) is 5.84. The molecule has 1 aliphatic carbocycles. The van der Waals surface area contributed by atoms with Gasteiger partial charge in [0.1, 0.15) is 0 Å². The summed E-state index contributed by atoms with van der Waals surface area (Å²) in [5.74, 6) is 0.603. The Kier molecular flexibility index (Phi) is 2.17. The average molecular weight is 203 g/mol. The highest BCUT2D eigenvalue weighted by Gasteiger charge is 2.32. The first kappa shape index (κ1) is 9.22. The largest absolute Gasteiger partial charge is 0.399 e. The summed E-state index contributed by atoms with van der Waals surface area (Å²) in [7, 11) is 0. The molecule has 0 spiro atoms. The number of ether oxygens (including phenoxy) is 1. The number of anilines is 1. The monoisotopic (exact) mass is 203 g/mol. The van der Waals surface area contributed by atoms with Crippen LogP contribution in [0, 0.1) is 0 Å². The van der Waals surface area contributed by atoms with E-state index in [4.69, 9.17) is 10.5 Å². The van der Waals surface area contributed by atoms with Gasteiger partial charge in [-0.2, -0.15) is 0 Å². The van der Waals surface area contributed by atoms with Gasteiger partial charge in [-0.25, -0.2) is 0 Å². The topological polar surface area (TPSA) is 35.2 Å². The van der Waals surface area contributed by atoms with Gasteiger partial charge in [-0.05, 0) is 36.1 Å². The van der Waals surface area contributed by atoms with E-state index in [2.05, 4.69) is 12.1 Å². The van der Waals surface area contributed by atoms with Crippen molar-refractivity contribution in [2.24, 2.45) is 0 Å². The Labute approximate surface area is 90.4 Å². The van der Waals surface area contributed by atoms with Crippen LogP contribution in [0.1, 0.15) is 42.7 Å². The third-order valence-corrected chi connectivity index (χ3v) is 3.72. The molecule has 0 radical (unpaired) electrons. The SMILES string of the molecule is Nc1ccc2c(c1)C1CCCCC1OC2. The Morgan fingerprint density at radius 2 is 2.07 bits per heavy atom. The predicted octanol–water partition coefficient (Wildman–Crippen LogP) is 2.83. The smallest absolute Gasteiger partial charge is 0.0723 e. The summed E-state index contributed by atoms with van der Waals surface area (Å²) in [6.45, 7) is 0.775. The Hall–Kier alpha value is -1.02. The van der Waals surface area contributed by atoms with Crippen LogP contribution in [-0.2, 0) is 11.3 Å². The molecule has 2 N–H and O–H groups in total. The average Bonchev–Trinajstić information content (AvgIpc) is 2.29. The molecule has 2 aliphatic rings. The van der Waals surface area contributed by atoms with Crippen LogP contribution in [0.2, 0.25) is 0 Å². The molecule has 2 heteroatoms. The molecule has 15 heavy (non-hydrogen) atoms. The van der Waals surface area contributed by atoms with Crippen molar-refractivity contribution in [1.29, 1.82) is 0 Å². The minimum absolute atomic E-state index is 0.452.